The Labute approximate surface area is 183 Å². The number of hydrogen-bond acceptors (Lipinski definition) is 5. The summed E-state index contributed by atoms with van der Waals surface area (Å²) < 4.78 is 102. The number of nitrogens with one attached hydrogen (secondary N) is 1. The van der Waals surface area contributed by atoms with E-state index in [9.17, 15) is 44.7 Å². The number of sulfonamides is 1. The minimum absolute atomic E-state index is 0.0702. The van der Waals surface area contributed by atoms with Crippen molar-refractivity contribution in [3.8, 4) is 0 Å². The van der Waals surface area contributed by atoms with Crippen molar-refractivity contribution in [1.29, 1.82) is 0 Å². The fourth-order valence-electron chi connectivity index (χ4n) is 3.87. The van der Waals surface area contributed by atoms with Crippen LogP contribution < -0.4 is 16.2 Å². The van der Waals surface area contributed by atoms with Crippen molar-refractivity contribution in [1.82, 2.24) is 5.32 Å². The summed E-state index contributed by atoms with van der Waals surface area (Å²) in [5.41, 5.74) is -2.58. The minimum atomic E-state index is -6.08. The van der Waals surface area contributed by atoms with Crippen LogP contribution in [-0.2, 0) is 32.4 Å². The Morgan fingerprint density at radius 3 is 2.00 bits per heavy atom. The van der Waals surface area contributed by atoms with Gasteiger partial charge in [-0.15, -0.1) is 0 Å². The Morgan fingerprint density at radius 1 is 1.00 bits per heavy atom. The number of halogens is 6. The summed E-state index contributed by atoms with van der Waals surface area (Å²) in [6.45, 7) is 0.0702. The van der Waals surface area contributed by atoms with E-state index in [0.717, 1.165) is 18.2 Å². The van der Waals surface area contributed by atoms with E-state index in [1.807, 2.05) is 0 Å². The molecule has 0 saturated carbocycles. The van der Waals surface area contributed by atoms with Crippen molar-refractivity contribution >= 4 is 15.9 Å². The van der Waals surface area contributed by atoms with Crippen LogP contribution in [0.5, 0.6) is 0 Å². The summed E-state index contributed by atoms with van der Waals surface area (Å²) in [6.07, 6.45) is -11.9. The predicted octanol–water partition coefficient (Wildman–Crippen LogP) is 1.52. The van der Waals surface area contributed by atoms with E-state index in [0.29, 0.717) is 17.7 Å². The van der Waals surface area contributed by atoms with Crippen molar-refractivity contribution < 1.29 is 44.7 Å². The number of carbonyl (C=O) groups is 1. The minimum Gasteiger partial charge on any atom is -0.369 e. The molecule has 14 heteroatoms. The zero-order chi connectivity index (χ0) is 25.0. The fourth-order valence-corrected chi connectivity index (χ4v) is 4.43. The van der Waals surface area contributed by atoms with Crippen molar-refractivity contribution in [3.63, 3.8) is 0 Å². The second kappa shape index (κ2) is 7.68. The van der Waals surface area contributed by atoms with Crippen LogP contribution in [0.25, 0.3) is 0 Å². The smallest absolute Gasteiger partial charge is 0.369 e. The number of hydrogen-bond donors (Lipinski definition) is 4. The van der Waals surface area contributed by atoms with Crippen molar-refractivity contribution in [2.75, 3.05) is 6.54 Å². The first-order valence-corrected chi connectivity index (χ1v) is 10.7. The monoisotopic (exact) mass is 497 g/mol. The number of aliphatic hydroxyl groups is 1. The lowest BCUT2D eigenvalue weighted by atomic mass is 9.76. The third-order valence-corrected chi connectivity index (χ3v) is 6.43. The molecule has 2 aromatic rings. The van der Waals surface area contributed by atoms with E-state index < -0.39 is 45.0 Å². The SMILES string of the molecule is NC(=O)C1(c2ccc(C(O)(C(F)(F)F)C(F)(F)F)cc2)NCCc2cc(S(N)(=O)=O)ccc21. The first kappa shape index (κ1) is 25.0. The van der Waals surface area contributed by atoms with Crippen LogP contribution >= 0.6 is 0 Å². The summed E-state index contributed by atoms with van der Waals surface area (Å²) in [5, 5.41) is 17.5. The van der Waals surface area contributed by atoms with Gasteiger partial charge in [-0.05, 0) is 35.2 Å². The highest BCUT2D eigenvalue weighted by atomic mass is 32.2. The molecule has 0 saturated heterocycles. The molecule has 1 heterocycles. The third kappa shape index (κ3) is 3.86. The van der Waals surface area contributed by atoms with Crippen LogP contribution in [0.2, 0.25) is 0 Å². The molecule has 3 rings (SSSR count). The fraction of sp³-hybridized carbons (Fsp3) is 0.316. The normalized spacial score (nSPS) is 19.8. The zero-order valence-corrected chi connectivity index (χ0v) is 17.3. The second-order valence-corrected chi connectivity index (χ2v) is 9.00. The molecule has 1 amide bonds. The Kier molecular flexibility index (Phi) is 5.81. The van der Waals surface area contributed by atoms with Gasteiger partial charge in [0.1, 0.15) is 5.54 Å². The van der Waals surface area contributed by atoms with Crippen LogP contribution in [0, 0.1) is 0 Å². The summed E-state index contributed by atoms with van der Waals surface area (Å²) in [4.78, 5) is 12.3. The first-order valence-electron chi connectivity index (χ1n) is 9.14. The molecule has 0 aromatic heterocycles. The van der Waals surface area contributed by atoms with E-state index in [2.05, 4.69) is 5.32 Å². The molecule has 1 aliphatic heterocycles. The van der Waals surface area contributed by atoms with Crippen LogP contribution in [0.4, 0.5) is 26.3 Å². The van der Waals surface area contributed by atoms with E-state index in [-0.39, 0.29) is 29.0 Å². The number of benzene rings is 2. The van der Waals surface area contributed by atoms with Gasteiger partial charge in [0.15, 0.2) is 0 Å². The number of rotatable bonds is 4. The lowest BCUT2D eigenvalue weighted by molar-refractivity contribution is -0.376. The first-order chi connectivity index (χ1) is 15.0. The van der Waals surface area contributed by atoms with Gasteiger partial charge in [-0.2, -0.15) is 26.3 Å². The highest BCUT2D eigenvalue weighted by Crippen LogP contribution is 2.50. The van der Waals surface area contributed by atoms with Crippen molar-refractivity contribution in [2.45, 2.75) is 34.8 Å². The van der Waals surface area contributed by atoms with Crippen LogP contribution in [0.3, 0.4) is 0 Å². The van der Waals surface area contributed by atoms with Crippen LogP contribution in [-0.4, -0.2) is 38.3 Å². The van der Waals surface area contributed by atoms with Crippen LogP contribution in [0.15, 0.2) is 47.4 Å². The van der Waals surface area contributed by atoms with Crippen molar-refractivity contribution in [2.24, 2.45) is 10.9 Å². The molecule has 1 unspecified atom stereocenters. The maximum Gasteiger partial charge on any atom is 0.430 e. The topological polar surface area (TPSA) is 136 Å². The summed E-state index contributed by atoms with van der Waals surface area (Å²) in [7, 11) is -4.09. The lowest BCUT2D eigenvalue weighted by Crippen LogP contribution is -2.57. The van der Waals surface area contributed by atoms with Gasteiger partial charge in [-0.1, -0.05) is 30.3 Å². The summed E-state index contributed by atoms with van der Waals surface area (Å²) in [6, 6.07) is 5.95. The molecular formula is C19H17F6N3O4S. The molecule has 0 aliphatic carbocycles. The van der Waals surface area contributed by atoms with Gasteiger partial charge in [-0.3, -0.25) is 10.1 Å². The molecular weight excluding hydrogens is 480 g/mol. The number of carbonyl (C=O) groups excluding carboxylic acids is 1. The molecule has 0 fully saturated rings. The number of primary amides is 1. The van der Waals surface area contributed by atoms with Crippen LogP contribution in [0.1, 0.15) is 22.3 Å². The second-order valence-electron chi connectivity index (χ2n) is 7.44. The highest BCUT2D eigenvalue weighted by molar-refractivity contribution is 7.89. The number of fused-ring (bicyclic) bond motifs is 1. The van der Waals surface area contributed by atoms with Gasteiger partial charge < -0.3 is 10.8 Å². The van der Waals surface area contributed by atoms with Gasteiger partial charge in [0.25, 0.3) is 5.60 Å². The van der Waals surface area contributed by atoms with Gasteiger partial charge in [-0.25, -0.2) is 13.6 Å². The number of amides is 1. The Bertz CT molecular complexity index is 1180. The maximum absolute atomic E-state index is 13.2. The molecule has 0 bridgehead atoms. The molecule has 1 aliphatic rings. The molecule has 33 heavy (non-hydrogen) atoms. The van der Waals surface area contributed by atoms with E-state index >= 15 is 0 Å². The summed E-state index contributed by atoms with van der Waals surface area (Å²) in [5.74, 6) is -1.04. The number of primary sulfonamides is 1. The number of alkyl halides is 6. The average molecular weight is 497 g/mol. The molecule has 2 aromatic carbocycles. The largest absolute Gasteiger partial charge is 0.430 e. The maximum atomic E-state index is 13.2. The Morgan fingerprint density at radius 2 is 1.55 bits per heavy atom. The van der Waals surface area contributed by atoms with Gasteiger partial charge in [0.05, 0.1) is 4.90 Å². The average Bonchev–Trinajstić information content (AvgIpc) is 2.69. The van der Waals surface area contributed by atoms with Gasteiger partial charge in [0, 0.05) is 12.1 Å². The van der Waals surface area contributed by atoms with Gasteiger partial charge in [0.2, 0.25) is 15.9 Å². The Hall–Kier alpha value is -2.68. The summed E-state index contributed by atoms with van der Waals surface area (Å²) >= 11 is 0. The molecule has 1 atom stereocenters. The van der Waals surface area contributed by atoms with Gasteiger partial charge >= 0.3 is 12.4 Å². The Balaban J connectivity index is 2.19. The zero-order valence-electron chi connectivity index (χ0n) is 16.5. The lowest BCUT2D eigenvalue weighted by Gasteiger charge is -2.39. The molecule has 7 nitrogen and oxygen atoms in total. The predicted molar refractivity (Wildman–Crippen MR) is 102 cm³/mol. The van der Waals surface area contributed by atoms with E-state index in [1.165, 1.54) is 12.1 Å². The quantitative estimate of drug-likeness (QED) is 0.475. The highest BCUT2D eigenvalue weighted by Gasteiger charge is 2.71. The number of nitrogens with two attached hydrogens (primary N) is 2. The molecule has 6 N–H and O–H groups in total. The van der Waals surface area contributed by atoms with Crippen molar-refractivity contribution in [3.05, 3.63) is 64.7 Å². The molecule has 0 radical (unpaired) electrons. The molecule has 180 valence electrons. The third-order valence-electron chi connectivity index (χ3n) is 5.52. The molecule has 0 spiro atoms. The van der Waals surface area contributed by atoms with E-state index in [4.69, 9.17) is 10.9 Å². The van der Waals surface area contributed by atoms with E-state index in [1.54, 1.807) is 0 Å². The standard InChI is InChI=1S/C19H17F6N3O4S/c20-18(21,22)17(30,19(23,24)25)12-3-1-11(2-4-12)16(15(26)29)14-6-5-13(33(27,31)32)9-10(14)7-8-28-16/h1-6,9,28,30H,7-8H2,(H2,26,29)(H2,27,31,32).